The number of carbonyl (C=O) groups is 1. The van der Waals surface area contributed by atoms with Gasteiger partial charge >= 0.3 is 5.97 Å². The highest BCUT2D eigenvalue weighted by atomic mass is 16.5. The highest BCUT2D eigenvalue weighted by Gasteiger charge is 2.28. The molecule has 0 heterocycles. The summed E-state index contributed by atoms with van der Waals surface area (Å²) in [5.41, 5.74) is 1.74. The minimum Gasteiger partial charge on any atom is -0.444 e. The normalized spacial score (nSPS) is 21.0. The fraction of sp³-hybridized carbons (Fsp3) is 0.588. The minimum atomic E-state index is -0.523. The Morgan fingerprint density at radius 2 is 2.21 bits per heavy atom. The maximum absolute atomic E-state index is 11.9. The molecular formula is C17H24O2. The maximum Gasteiger partial charge on any atom is 0.312 e. The molecule has 2 atom stereocenters. The third kappa shape index (κ3) is 4.28. The second-order valence-corrected chi connectivity index (χ2v) is 6.30. The van der Waals surface area contributed by atoms with E-state index in [0.717, 1.165) is 24.8 Å². The van der Waals surface area contributed by atoms with Crippen LogP contribution in [0, 0.1) is 23.7 Å². The first-order valence-electron chi connectivity index (χ1n) is 6.77. The van der Waals surface area contributed by atoms with Gasteiger partial charge in [0.2, 0.25) is 0 Å². The predicted molar refractivity (Wildman–Crippen MR) is 78.4 cm³/mol. The highest BCUT2D eigenvalue weighted by Crippen LogP contribution is 2.31. The fourth-order valence-corrected chi connectivity index (χ4v) is 2.04. The van der Waals surface area contributed by atoms with Gasteiger partial charge < -0.3 is 4.74 Å². The van der Waals surface area contributed by atoms with Crippen molar-refractivity contribution in [2.75, 3.05) is 0 Å². The Balaban J connectivity index is 2.71. The Labute approximate surface area is 116 Å². The van der Waals surface area contributed by atoms with Gasteiger partial charge in [0, 0.05) is 0 Å². The van der Waals surface area contributed by atoms with Crippen LogP contribution in [0.4, 0.5) is 0 Å². The van der Waals surface area contributed by atoms with Gasteiger partial charge in [-0.25, -0.2) is 0 Å². The molecule has 0 aromatic carbocycles. The molecule has 0 saturated heterocycles. The number of hydrogen-bond acceptors (Lipinski definition) is 2. The molecule has 0 amide bonds. The van der Waals surface area contributed by atoms with Crippen LogP contribution in [0.15, 0.2) is 23.8 Å². The molecule has 104 valence electrons. The summed E-state index contributed by atoms with van der Waals surface area (Å²) in [7, 11) is 0. The number of ether oxygens (including phenoxy) is 1. The van der Waals surface area contributed by atoms with Gasteiger partial charge in [0.15, 0.2) is 6.10 Å². The van der Waals surface area contributed by atoms with Crippen LogP contribution in [0.25, 0.3) is 0 Å². The number of esters is 1. The summed E-state index contributed by atoms with van der Waals surface area (Å²) < 4.78 is 5.43. The minimum absolute atomic E-state index is 0.252. The zero-order valence-corrected chi connectivity index (χ0v) is 12.5. The van der Waals surface area contributed by atoms with E-state index in [1.807, 2.05) is 20.8 Å². The number of allylic oxidation sites excluding steroid dienone is 2. The molecule has 0 aromatic heterocycles. The first kappa shape index (κ1) is 15.6. The van der Waals surface area contributed by atoms with Gasteiger partial charge in [-0.2, -0.15) is 0 Å². The van der Waals surface area contributed by atoms with Crippen LogP contribution in [0.3, 0.4) is 0 Å². The van der Waals surface area contributed by atoms with Crippen LogP contribution in [-0.2, 0) is 9.53 Å². The molecule has 1 rings (SSSR count). The van der Waals surface area contributed by atoms with Crippen molar-refractivity contribution in [1.82, 2.24) is 0 Å². The van der Waals surface area contributed by atoms with Crippen LogP contribution < -0.4 is 0 Å². The monoisotopic (exact) mass is 260 g/mol. The van der Waals surface area contributed by atoms with Crippen LogP contribution in [0.2, 0.25) is 0 Å². The van der Waals surface area contributed by atoms with E-state index in [1.54, 1.807) is 0 Å². The van der Waals surface area contributed by atoms with Crippen molar-refractivity contribution in [3.63, 3.8) is 0 Å². The fourth-order valence-electron chi connectivity index (χ4n) is 2.04. The summed E-state index contributed by atoms with van der Waals surface area (Å²) in [6.45, 7) is 11.5. The average Bonchev–Trinajstić information content (AvgIpc) is 2.34. The van der Waals surface area contributed by atoms with E-state index in [0.29, 0.717) is 5.92 Å². The zero-order valence-electron chi connectivity index (χ0n) is 12.5. The lowest BCUT2D eigenvalue weighted by atomic mass is 9.84. The van der Waals surface area contributed by atoms with Gasteiger partial charge in [-0.15, -0.1) is 6.42 Å². The second kappa shape index (κ2) is 6.10. The van der Waals surface area contributed by atoms with Crippen LogP contribution in [0.1, 0.15) is 47.0 Å². The van der Waals surface area contributed by atoms with Crippen molar-refractivity contribution >= 4 is 5.97 Å². The van der Waals surface area contributed by atoms with Crippen LogP contribution in [-0.4, -0.2) is 12.1 Å². The van der Waals surface area contributed by atoms with E-state index in [2.05, 4.69) is 25.5 Å². The van der Waals surface area contributed by atoms with Crippen LogP contribution in [0.5, 0.6) is 0 Å². The first-order chi connectivity index (χ1) is 8.75. The van der Waals surface area contributed by atoms with E-state index in [-0.39, 0.29) is 5.97 Å². The summed E-state index contributed by atoms with van der Waals surface area (Å²) in [4.78, 5) is 11.9. The van der Waals surface area contributed by atoms with Crippen LogP contribution >= 0.6 is 0 Å². The number of terminal acetylenes is 1. The lowest BCUT2D eigenvalue weighted by molar-refractivity contribution is -0.154. The largest absolute Gasteiger partial charge is 0.444 e. The topological polar surface area (TPSA) is 26.3 Å². The van der Waals surface area contributed by atoms with Crippen molar-refractivity contribution < 1.29 is 9.53 Å². The second-order valence-electron chi connectivity index (χ2n) is 6.30. The molecule has 0 spiro atoms. The molecule has 0 saturated carbocycles. The van der Waals surface area contributed by atoms with E-state index < -0.39 is 11.5 Å². The number of hydrogen-bond donors (Lipinski definition) is 0. The molecule has 0 aliphatic heterocycles. The molecule has 1 aliphatic carbocycles. The molecule has 0 radical (unpaired) electrons. The lowest BCUT2D eigenvalue weighted by Gasteiger charge is -2.26. The number of carbonyl (C=O) groups excluding carboxylic acids is 1. The molecule has 0 fully saturated rings. The Bertz CT molecular complexity index is 429. The van der Waals surface area contributed by atoms with Crippen molar-refractivity contribution in [1.29, 1.82) is 0 Å². The van der Waals surface area contributed by atoms with E-state index in [1.165, 1.54) is 5.57 Å². The zero-order chi connectivity index (χ0) is 14.6. The third-order valence-corrected chi connectivity index (χ3v) is 3.47. The molecule has 0 N–H and O–H groups in total. The van der Waals surface area contributed by atoms with Gasteiger partial charge in [0.1, 0.15) is 0 Å². The van der Waals surface area contributed by atoms with Gasteiger partial charge in [-0.3, -0.25) is 4.79 Å². The van der Waals surface area contributed by atoms with E-state index >= 15 is 0 Å². The third-order valence-electron chi connectivity index (χ3n) is 3.47. The predicted octanol–water partition coefficient (Wildman–Crippen LogP) is 3.88. The Kier molecular flexibility index (Phi) is 5.00. The highest BCUT2D eigenvalue weighted by molar-refractivity contribution is 5.76. The summed E-state index contributed by atoms with van der Waals surface area (Å²) in [6, 6.07) is 0. The Morgan fingerprint density at radius 3 is 2.58 bits per heavy atom. The summed E-state index contributed by atoms with van der Waals surface area (Å²) in [6.07, 6.45) is 9.96. The average molecular weight is 260 g/mol. The molecular weight excluding hydrogens is 236 g/mol. The summed E-state index contributed by atoms with van der Waals surface area (Å²) in [5, 5.41) is 0. The molecule has 0 bridgehead atoms. The smallest absolute Gasteiger partial charge is 0.312 e. The molecule has 2 heteroatoms. The van der Waals surface area contributed by atoms with Gasteiger partial charge in [0.05, 0.1) is 5.41 Å². The molecule has 1 aliphatic rings. The molecule has 0 unspecified atom stereocenters. The molecule has 19 heavy (non-hydrogen) atoms. The molecule has 0 aromatic rings. The van der Waals surface area contributed by atoms with Gasteiger partial charge in [0.25, 0.3) is 0 Å². The summed E-state index contributed by atoms with van der Waals surface area (Å²) >= 11 is 0. The maximum atomic E-state index is 11.9. The van der Waals surface area contributed by atoms with Crippen molar-refractivity contribution in [2.24, 2.45) is 11.3 Å². The number of rotatable bonds is 3. The Hall–Kier alpha value is -1.49. The SMILES string of the molecule is C#C[C@H](OC(=O)C(C)(C)C)C1=CC[C@@H](C(=C)C)CC1. The lowest BCUT2D eigenvalue weighted by Crippen LogP contribution is -2.29. The summed E-state index contributed by atoms with van der Waals surface area (Å²) in [5.74, 6) is 2.86. The standard InChI is InChI=1S/C17H24O2/c1-7-15(19-16(18)17(4,5)6)14-10-8-13(9-11-14)12(2)3/h1,10,13,15H,2,8-9,11H2,3-6H3/t13-,15+/m1/s1. The van der Waals surface area contributed by atoms with E-state index in [9.17, 15) is 4.79 Å². The quantitative estimate of drug-likeness (QED) is 0.437. The van der Waals surface area contributed by atoms with Crippen molar-refractivity contribution in [2.45, 2.75) is 53.1 Å². The van der Waals surface area contributed by atoms with Gasteiger partial charge in [-0.1, -0.05) is 24.1 Å². The van der Waals surface area contributed by atoms with E-state index in [4.69, 9.17) is 11.2 Å². The molecule has 2 nitrogen and oxygen atoms in total. The first-order valence-corrected chi connectivity index (χ1v) is 6.77. The van der Waals surface area contributed by atoms with Gasteiger partial charge in [-0.05, 0) is 58.4 Å². The van der Waals surface area contributed by atoms with Crippen molar-refractivity contribution in [3.8, 4) is 12.3 Å². The Morgan fingerprint density at radius 1 is 1.58 bits per heavy atom. The van der Waals surface area contributed by atoms with Crippen molar-refractivity contribution in [3.05, 3.63) is 23.8 Å².